The van der Waals surface area contributed by atoms with Gasteiger partial charge in [-0.15, -0.1) is 10.2 Å². The summed E-state index contributed by atoms with van der Waals surface area (Å²) < 4.78 is 14.5. The summed E-state index contributed by atoms with van der Waals surface area (Å²) in [7, 11) is 0. The van der Waals surface area contributed by atoms with Crippen LogP contribution in [0.15, 0.2) is 70.7 Å². The Morgan fingerprint density at radius 3 is 2.55 bits per heavy atom. The van der Waals surface area contributed by atoms with Crippen molar-refractivity contribution in [2.75, 3.05) is 18.1 Å². The van der Waals surface area contributed by atoms with Gasteiger partial charge in [0.2, 0.25) is 5.13 Å². The molecule has 1 saturated heterocycles. The molecule has 1 amide bonds. The third kappa shape index (κ3) is 7.03. The minimum atomic E-state index is -1.04. The summed E-state index contributed by atoms with van der Waals surface area (Å²) in [5.41, 5.74) is 3.87. The number of aliphatic hydroxyl groups is 1. The molecule has 0 aliphatic carbocycles. The molecule has 5 aromatic rings. The standard InChI is InChI=1S/C36H36ClN5O5S2/c1-5-7-8-18-47-26-16-13-24(19-27(26)46-6-2)30-28(31(43)29-22(4)41-17-9-10-21(3)33(41)38-29)32(44)34(45)42(30)35-39-40-36(49-35)48-20-23-11-14-25(37)15-12-23/h9-17,19,30,43H,5-8,18,20H2,1-4H3. The molecular weight excluding hydrogens is 682 g/mol. The lowest BCUT2D eigenvalue weighted by atomic mass is 9.96. The average molecular weight is 718 g/mol. The van der Waals surface area contributed by atoms with Crippen molar-refractivity contribution in [2.45, 2.75) is 63.1 Å². The molecular formula is C36H36ClN5O5S2. The molecule has 10 nitrogen and oxygen atoms in total. The lowest BCUT2D eigenvalue weighted by Gasteiger charge is -2.23. The van der Waals surface area contributed by atoms with Crippen LogP contribution in [-0.4, -0.2) is 49.6 Å². The van der Waals surface area contributed by atoms with E-state index in [-0.39, 0.29) is 22.2 Å². The number of imidazole rings is 1. The number of thioether (sulfide) groups is 1. The SMILES string of the molecule is CCCCCOc1ccc(C2C(=C(O)c3nc4c(C)cccn4c3C)C(=O)C(=O)N2c2nnc(SCc3ccc(Cl)cc3)s2)cc1OCC. The summed E-state index contributed by atoms with van der Waals surface area (Å²) in [6, 6.07) is 15.6. The van der Waals surface area contributed by atoms with Gasteiger partial charge in [0.25, 0.3) is 5.78 Å². The molecule has 49 heavy (non-hydrogen) atoms. The van der Waals surface area contributed by atoms with Crippen LogP contribution in [0.5, 0.6) is 11.5 Å². The second-order valence-electron chi connectivity index (χ2n) is 11.6. The molecule has 6 rings (SSSR count). The Morgan fingerprint density at radius 1 is 1.02 bits per heavy atom. The van der Waals surface area contributed by atoms with E-state index in [9.17, 15) is 14.7 Å². The Morgan fingerprint density at radius 2 is 1.82 bits per heavy atom. The van der Waals surface area contributed by atoms with Gasteiger partial charge >= 0.3 is 5.91 Å². The number of ketones is 1. The molecule has 0 spiro atoms. The summed E-state index contributed by atoms with van der Waals surface area (Å²) in [5, 5.41) is 21.5. The van der Waals surface area contributed by atoms with E-state index in [2.05, 4.69) is 17.1 Å². The number of carbonyl (C=O) groups is 2. The van der Waals surface area contributed by atoms with Crippen LogP contribution in [-0.2, 0) is 15.3 Å². The van der Waals surface area contributed by atoms with Crippen molar-refractivity contribution in [1.82, 2.24) is 19.6 Å². The fraction of sp³-hybridized carbons (Fsp3) is 0.306. The molecule has 4 heterocycles. The summed E-state index contributed by atoms with van der Waals surface area (Å²) in [4.78, 5) is 33.9. The number of aliphatic hydroxyl groups excluding tert-OH is 1. The number of ether oxygens (including phenoxy) is 2. The molecule has 13 heteroatoms. The van der Waals surface area contributed by atoms with E-state index in [1.807, 2.05) is 67.8 Å². The molecule has 254 valence electrons. The van der Waals surface area contributed by atoms with Crippen molar-refractivity contribution >= 4 is 62.9 Å². The van der Waals surface area contributed by atoms with Crippen molar-refractivity contribution in [1.29, 1.82) is 0 Å². The maximum Gasteiger partial charge on any atom is 0.301 e. The molecule has 1 N–H and O–H groups in total. The molecule has 1 atom stereocenters. The van der Waals surface area contributed by atoms with Gasteiger partial charge in [-0.25, -0.2) is 4.98 Å². The van der Waals surface area contributed by atoms with Gasteiger partial charge in [-0.1, -0.05) is 78.7 Å². The number of unbranched alkanes of at least 4 members (excludes halogenated alkanes) is 2. The van der Waals surface area contributed by atoms with Crippen molar-refractivity contribution in [3.63, 3.8) is 0 Å². The number of amides is 1. The van der Waals surface area contributed by atoms with Gasteiger partial charge in [0.05, 0.1) is 30.5 Å². The van der Waals surface area contributed by atoms with Gasteiger partial charge in [0.1, 0.15) is 11.3 Å². The van der Waals surface area contributed by atoms with E-state index in [4.69, 9.17) is 26.1 Å². The number of hydrogen-bond acceptors (Lipinski definition) is 10. The van der Waals surface area contributed by atoms with Crippen LogP contribution in [0, 0.1) is 13.8 Å². The first-order valence-corrected chi connectivity index (χ1v) is 18.3. The van der Waals surface area contributed by atoms with E-state index >= 15 is 0 Å². The molecule has 1 aliphatic rings. The Balaban J connectivity index is 1.44. The number of halogens is 1. The lowest BCUT2D eigenvalue weighted by molar-refractivity contribution is -0.132. The van der Waals surface area contributed by atoms with Crippen LogP contribution in [0.1, 0.15) is 67.2 Å². The second kappa shape index (κ2) is 15.0. The number of Topliss-reactive ketones (excluding diaryl/α,β-unsaturated/α-hetero) is 1. The number of benzene rings is 2. The van der Waals surface area contributed by atoms with Gasteiger partial charge in [-0.3, -0.25) is 14.5 Å². The smallest absolute Gasteiger partial charge is 0.301 e. The van der Waals surface area contributed by atoms with Crippen LogP contribution in [0.3, 0.4) is 0 Å². The number of hydrogen-bond donors (Lipinski definition) is 1. The van der Waals surface area contributed by atoms with Crippen LogP contribution >= 0.6 is 34.7 Å². The third-order valence-corrected chi connectivity index (χ3v) is 10.6. The third-order valence-electron chi connectivity index (χ3n) is 8.22. The normalized spacial score (nSPS) is 15.8. The van der Waals surface area contributed by atoms with Crippen molar-refractivity contribution in [3.05, 3.63) is 99.5 Å². The first-order valence-electron chi connectivity index (χ1n) is 16.1. The Bertz CT molecular complexity index is 2040. The van der Waals surface area contributed by atoms with Crippen LogP contribution < -0.4 is 14.4 Å². The monoisotopic (exact) mass is 717 g/mol. The Hall–Kier alpha value is -4.39. The van der Waals surface area contributed by atoms with E-state index in [1.54, 1.807) is 18.2 Å². The van der Waals surface area contributed by atoms with Crippen LogP contribution in [0.25, 0.3) is 11.4 Å². The van der Waals surface area contributed by atoms with E-state index in [0.29, 0.717) is 56.7 Å². The zero-order valence-corrected chi connectivity index (χ0v) is 30.0. The molecule has 1 aliphatic heterocycles. The second-order valence-corrected chi connectivity index (χ2v) is 14.2. The molecule has 0 saturated carbocycles. The van der Waals surface area contributed by atoms with Crippen LogP contribution in [0.4, 0.5) is 5.13 Å². The Labute approximate surface area is 297 Å². The highest BCUT2D eigenvalue weighted by Crippen LogP contribution is 2.46. The van der Waals surface area contributed by atoms with Gasteiger partial charge in [0.15, 0.2) is 21.6 Å². The molecule has 3 aromatic heterocycles. The number of nitrogens with zero attached hydrogens (tertiary/aromatic N) is 5. The van der Waals surface area contributed by atoms with Gasteiger partial charge < -0.3 is 19.0 Å². The molecule has 0 radical (unpaired) electrons. The average Bonchev–Trinajstić information content (AvgIpc) is 3.78. The van der Waals surface area contributed by atoms with Crippen molar-refractivity contribution in [2.24, 2.45) is 0 Å². The number of anilines is 1. The maximum absolute atomic E-state index is 13.9. The highest BCUT2D eigenvalue weighted by Gasteiger charge is 2.49. The quantitative estimate of drug-likeness (QED) is 0.0320. The lowest BCUT2D eigenvalue weighted by Crippen LogP contribution is -2.29. The summed E-state index contributed by atoms with van der Waals surface area (Å²) >= 11 is 8.69. The number of rotatable bonds is 13. The summed E-state index contributed by atoms with van der Waals surface area (Å²) in [6.07, 6.45) is 4.85. The zero-order chi connectivity index (χ0) is 34.7. The largest absolute Gasteiger partial charge is 0.505 e. The zero-order valence-electron chi connectivity index (χ0n) is 27.6. The predicted molar refractivity (Wildman–Crippen MR) is 193 cm³/mol. The fourth-order valence-electron chi connectivity index (χ4n) is 5.72. The Kier molecular flexibility index (Phi) is 10.6. The first kappa shape index (κ1) is 34.5. The summed E-state index contributed by atoms with van der Waals surface area (Å²) in [5.74, 6) is -0.407. The minimum Gasteiger partial charge on any atom is -0.505 e. The molecule has 1 unspecified atom stereocenters. The van der Waals surface area contributed by atoms with E-state index in [0.717, 1.165) is 30.4 Å². The number of aromatic nitrogens is 4. The maximum atomic E-state index is 13.9. The first-order chi connectivity index (χ1) is 23.7. The molecule has 1 fully saturated rings. The highest BCUT2D eigenvalue weighted by atomic mass is 35.5. The topological polar surface area (TPSA) is 119 Å². The van der Waals surface area contributed by atoms with E-state index in [1.165, 1.54) is 28.0 Å². The van der Waals surface area contributed by atoms with Gasteiger partial charge in [-0.2, -0.15) is 0 Å². The number of pyridine rings is 1. The number of aryl methyl sites for hydroxylation is 2. The van der Waals surface area contributed by atoms with Crippen molar-refractivity contribution < 1.29 is 24.2 Å². The fourth-order valence-corrected chi connectivity index (χ4v) is 7.67. The summed E-state index contributed by atoms with van der Waals surface area (Å²) in [6.45, 7) is 8.64. The predicted octanol–water partition coefficient (Wildman–Crippen LogP) is 8.34. The van der Waals surface area contributed by atoms with Crippen LogP contribution in [0.2, 0.25) is 5.02 Å². The van der Waals surface area contributed by atoms with Crippen molar-refractivity contribution in [3.8, 4) is 11.5 Å². The highest BCUT2D eigenvalue weighted by molar-refractivity contribution is 8.00. The van der Waals surface area contributed by atoms with Gasteiger partial charge in [0, 0.05) is 17.0 Å². The van der Waals surface area contributed by atoms with E-state index < -0.39 is 17.7 Å². The molecule has 2 aromatic carbocycles. The minimum absolute atomic E-state index is 0.0983. The number of carbonyl (C=O) groups excluding carboxylic acids is 2. The number of fused-ring (bicyclic) bond motifs is 1. The molecule has 0 bridgehead atoms. The van der Waals surface area contributed by atoms with Gasteiger partial charge in [-0.05, 0) is 74.2 Å².